The Balaban J connectivity index is 1.49. The first-order valence-corrected chi connectivity index (χ1v) is 10.5. The minimum absolute atomic E-state index is 0.168. The summed E-state index contributed by atoms with van der Waals surface area (Å²) in [5.74, 6) is -0.575. The van der Waals surface area contributed by atoms with E-state index in [1.165, 1.54) is 18.2 Å². The van der Waals surface area contributed by atoms with Crippen LogP contribution in [0.25, 0.3) is 5.69 Å². The summed E-state index contributed by atoms with van der Waals surface area (Å²) >= 11 is 0. The molecule has 0 spiro atoms. The van der Waals surface area contributed by atoms with E-state index >= 15 is 0 Å². The summed E-state index contributed by atoms with van der Waals surface area (Å²) in [7, 11) is 0. The number of aryl methyl sites for hydroxylation is 1. The van der Waals surface area contributed by atoms with Gasteiger partial charge in [0.25, 0.3) is 0 Å². The molecule has 5 nitrogen and oxygen atoms in total. The number of rotatable bonds is 7. The van der Waals surface area contributed by atoms with Gasteiger partial charge >= 0.3 is 5.97 Å². The molecule has 1 N–H and O–H groups in total. The number of halogens is 1. The second kappa shape index (κ2) is 9.53. The molecule has 0 radical (unpaired) electrons. The minimum atomic E-state index is -0.960. The van der Waals surface area contributed by atoms with E-state index in [1.54, 1.807) is 36.5 Å². The highest BCUT2D eigenvalue weighted by Gasteiger charge is 2.10. The van der Waals surface area contributed by atoms with Crippen molar-refractivity contribution in [2.75, 3.05) is 0 Å². The minimum Gasteiger partial charge on any atom is -0.489 e. The third-order valence-electron chi connectivity index (χ3n) is 5.38. The summed E-state index contributed by atoms with van der Waals surface area (Å²) in [6.07, 6.45) is 1.78. The number of aromatic carboxylic acids is 1. The Kier molecular flexibility index (Phi) is 6.36. The monoisotopic (exact) mass is 442 g/mol. The van der Waals surface area contributed by atoms with Crippen molar-refractivity contribution in [1.29, 1.82) is 0 Å². The second-order valence-corrected chi connectivity index (χ2v) is 7.65. The average molecular weight is 442 g/mol. The van der Waals surface area contributed by atoms with Gasteiger partial charge in [-0.15, -0.1) is 0 Å². The van der Waals surface area contributed by atoms with E-state index in [4.69, 9.17) is 9.84 Å². The SMILES string of the molecule is Cc1cc(C=Nc2ccc(C(=O)O)cc2)c(C)n1-c1ccc(OCc2ccccc2F)cc1. The summed E-state index contributed by atoms with van der Waals surface area (Å²) in [6, 6.07) is 22.7. The molecule has 166 valence electrons. The second-order valence-electron chi connectivity index (χ2n) is 7.65. The van der Waals surface area contributed by atoms with Crippen LogP contribution >= 0.6 is 0 Å². The van der Waals surface area contributed by atoms with Crippen LogP contribution < -0.4 is 4.74 Å². The Bertz CT molecular complexity index is 1310. The van der Waals surface area contributed by atoms with E-state index in [0.717, 1.165) is 22.6 Å². The van der Waals surface area contributed by atoms with Crippen LogP contribution in [0.15, 0.2) is 83.9 Å². The number of hydrogen-bond acceptors (Lipinski definition) is 3. The van der Waals surface area contributed by atoms with E-state index in [1.807, 2.05) is 44.2 Å². The van der Waals surface area contributed by atoms with Crippen LogP contribution in [0.5, 0.6) is 5.75 Å². The van der Waals surface area contributed by atoms with Crippen LogP contribution in [0.4, 0.5) is 10.1 Å². The Morgan fingerprint density at radius 3 is 2.39 bits per heavy atom. The van der Waals surface area contributed by atoms with E-state index in [9.17, 15) is 9.18 Å². The molecule has 0 unspecified atom stereocenters. The van der Waals surface area contributed by atoms with Gasteiger partial charge in [-0.1, -0.05) is 18.2 Å². The zero-order valence-corrected chi connectivity index (χ0v) is 18.3. The number of carboxylic acid groups (broad SMARTS) is 1. The molecule has 0 bridgehead atoms. The summed E-state index contributed by atoms with van der Waals surface area (Å²) in [5.41, 5.74) is 5.45. The molecule has 4 aromatic rings. The molecule has 0 aliphatic carbocycles. The Labute approximate surface area is 191 Å². The van der Waals surface area contributed by atoms with Crippen LogP contribution in [0.1, 0.15) is 32.9 Å². The van der Waals surface area contributed by atoms with Gasteiger partial charge in [0.05, 0.1) is 11.3 Å². The van der Waals surface area contributed by atoms with Crippen molar-refractivity contribution in [2.45, 2.75) is 20.5 Å². The molecular weight excluding hydrogens is 419 g/mol. The quantitative estimate of drug-likeness (QED) is 0.344. The average Bonchev–Trinajstić information content (AvgIpc) is 3.10. The smallest absolute Gasteiger partial charge is 0.335 e. The summed E-state index contributed by atoms with van der Waals surface area (Å²) < 4.78 is 21.6. The van der Waals surface area contributed by atoms with Crippen molar-refractivity contribution in [3.8, 4) is 11.4 Å². The van der Waals surface area contributed by atoms with Gasteiger partial charge in [-0.2, -0.15) is 0 Å². The first kappa shape index (κ1) is 22.0. The fraction of sp³-hybridized carbons (Fsp3) is 0.111. The maximum Gasteiger partial charge on any atom is 0.335 e. The number of nitrogens with zero attached hydrogens (tertiary/aromatic N) is 2. The molecule has 0 amide bonds. The predicted octanol–water partition coefficient (Wildman–Crippen LogP) is 6.26. The van der Waals surface area contributed by atoms with Crippen LogP contribution in [0.3, 0.4) is 0 Å². The first-order chi connectivity index (χ1) is 15.9. The fourth-order valence-corrected chi connectivity index (χ4v) is 3.62. The number of benzene rings is 3. The Morgan fingerprint density at radius 1 is 1.03 bits per heavy atom. The molecule has 1 aromatic heterocycles. The van der Waals surface area contributed by atoms with Gasteiger partial charge in [-0.25, -0.2) is 9.18 Å². The van der Waals surface area contributed by atoms with Crippen LogP contribution in [-0.4, -0.2) is 21.9 Å². The third kappa shape index (κ3) is 5.01. The highest BCUT2D eigenvalue weighted by atomic mass is 19.1. The third-order valence-corrected chi connectivity index (χ3v) is 5.38. The highest BCUT2D eigenvalue weighted by Crippen LogP contribution is 2.23. The van der Waals surface area contributed by atoms with E-state index in [-0.39, 0.29) is 18.0 Å². The van der Waals surface area contributed by atoms with Gasteiger partial charge in [0, 0.05) is 34.4 Å². The lowest BCUT2D eigenvalue weighted by atomic mass is 10.2. The number of carbonyl (C=O) groups is 1. The van der Waals surface area contributed by atoms with Gasteiger partial charge in [0.1, 0.15) is 18.2 Å². The van der Waals surface area contributed by atoms with E-state index < -0.39 is 5.97 Å². The van der Waals surface area contributed by atoms with Crippen molar-refractivity contribution in [3.63, 3.8) is 0 Å². The lowest BCUT2D eigenvalue weighted by Crippen LogP contribution is -2.01. The van der Waals surface area contributed by atoms with Crippen molar-refractivity contribution in [1.82, 2.24) is 4.57 Å². The van der Waals surface area contributed by atoms with E-state index in [0.29, 0.717) is 17.0 Å². The van der Waals surface area contributed by atoms with Crippen LogP contribution in [-0.2, 0) is 6.61 Å². The molecule has 3 aromatic carbocycles. The van der Waals surface area contributed by atoms with Crippen molar-refractivity contribution in [3.05, 3.63) is 113 Å². The summed E-state index contributed by atoms with van der Waals surface area (Å²) in [6.45, 7) is 4.21. The maximum atomic E-state index is 13.8. The van der Waals surface area contributed by atoms with Gasteiger partial charge < -0.3 is 14.4 Å². The van der Waals surface area contributed by atoms with Crippen LogP contribution in [0.2, 0.25) is 0 Å². The largest absolute Gasteiger partial charge is 0.489 e. The lowest BCUT2D eigenvalue weighted by Gasteiger charge is -2.12. The van der Waals surface area contributed by atoms with Gasteiger partial charge in [-0.05, 0) is 74.5 Å². The molecule has 0 fully saturated rings. The number of aliphatic imine (C=N–C) groups is 1. The predicted molar refractivity (Wildman–Crippen MR) is 127 cm³/mol. The van der Waals surface area contributed by atoms with Crippen molar-refractivity contribution in [2.24, 2.45) is 4.99 Å². The van der Waals surface area contributed by atoms with Gasteiger partial charge in [-0.3, -0.25) is 4.99 Å². The maximum absolute atomic E-state index is 13.8. The first-order valence-electron chi connectivity index (χ1n) is 10.5. The molecule has 0 atom stereocenters. The number of aromatic nitrogens is 1. The molecule has 0 saturated heterocycles. The molecule has 33 heavy (non-hydrogen) atoms. The molecule has 0 aliphatic rings. The standard InChI is InChI=1S/C27H23FN2O3/c1-18-15-22(16-29-23-9-7-20(8-10-23)27(31)32)19(2)30(18)24-11-13-25(14-12-24)33-17-21-5-3-4-6-26(21)28/h3-16H,17H2,1-2H3,(H,31,32). The van der Waals surface area contributed by atoms with Crippen LogP contribution in [0, 0.1) is 19.7 Å². The Morgan fingerprint density at radius 2 is 1.73 bits per heavy atom. The van der Waals surface area contributed by atoms with Gasteiger partial charge in [0.2, 0.25) is 0 Å². The van der Waals surface area contributed by atoms with Crippen molar-refractivity contribution >= 4 is 17.9 Å². The summed E-state index contributed by atoms with van der Waals surface area (Å²) in [4.78, 5) is 15.5. The normalized spacial score (nSPS) is 11.1. The fourth-order valence-electron chi connectivity index (χ4n) is 3.62. The lowest BCUT2D eigenvalue weighted by molar-refractivity contribution is 0.0697. The zero-order chi connectivity index (χ0) is 23.4. The zero-order valence-electron chi connectivity index (χ0n) is 18.3. The molecule has 0 saturated carbocycles. The highest BCUT2D eigenvalue weighted by molar-refractivity contribution is 5.88. The topological polar surface area (TPSA) is 63.8 Å². The Hall–Kier alpha value is -4.19. The van der Waals surface area contributed by atoms with E-state index in [2.05, 4.69) is 9.56 Å². The number of ether oxygens (including phenoxy) is 1. The molecule has 6 heteroatoms. The van der Waals surface area contributed by atoms with Gasteiger partial charge in [0.15, 0.2) is 0 Å². The van der Waals surface area contributed by atoms with Crippen molar-refractivity contribution < 1.29 is 19.0 Å². The number of carboxylic acids is 1. The molecule has 0 aliphatic heterocycles. The molecule has 4 rings (SSSR count). The molecule has 1 heterocycles. The number of hydrogen-bond donors (Lipinski definition) is 1. The summed E-state index contributed by atoms with van der Waals surface area (Å²) in [5, 5.41) is 9.01. The molecular formula is C27H23FN2O3.